The van der Waals surface area contributed by atoms with Crippen molar-refractivity contribution in [2.24, 2.45) is 0 Å². The van der Waals surface area contributed by atoms with Crippen LogP contribution in [0.1, 0.15) is 213 Å². The van der Waals surface area contributed by atoms with Crippen molar-refractivity contribution in [1.82, 2.24) is 0 Å². The Labute approximate surface area is 280 Å². The third-order valence-corrected chi connectivity index (χ3v) is 11.5. The minimum Gasteiger partial charge on any atom is -0.126 e. The van der Waals surface area contributed by atoms with Crippen molar-refractivity contribution >= 4 is 23.5 Å². The van der Waals surface area contributed by atoms with E-state index in [1.807, 2.05) is 0 Å². The number of unbranched alkanes of at least 4 members (excludes halogenated alkanes) is 26. The first-order chi connectivity index (χ1) is 21.3. The van der Waals surface area contributed by atoms with Crippen LogP contribution in [0.4, 0.5) is 0 Å². The summed E-state index contributed by atoms with van der Waals surface area (Å²) in [5.74, 6) is 2.59. The van der Waals surface area contributed by atoms with E-state index < -0.39 is 0 Å². The van der Waals surface area contributed by atoms with Gasteiger partial charge in [-0.25, -0.2) is 0 Å². The highest BCUT2D eigenvalue weighted by molar-refractivity contribution is 8.00. The van der Waals surface area contributed by atoms with E-state index in [1.165, 1.54) is 204 Å². The lowest BCUT2D eigenvalue weighted by Crippen LogP contribution is -1.94. The van der Waals surface area contributed by atoms with Gasteiger partial charge in [0.1, 0.15) is 0 Å². The van der Waals surface area contributed by atoms with Gasteiger partial charge in [0.15, 0.2) is 0 Å². The fraction of sp³-hybridized carbons (Fsp3) is 0.854. The summed E-state index contributed by atoms with van der Waals surface area (Å²) in [4.78, 5) is 3.14. The molecule has 0 radical (unpaired) electrons. The topological polar surface area (TPSA) is 0 Å². The summed E-state index contributed by atoms with van der Waals surface area (Å²) in [5, 5.41) is 0. The average Bonchev–Trinajstić information content (AvgIpc) is 3.02. The molecule has 0 saturated carbocycles. The Hall–Kier alpha value is -0.0800. The Bertz CT molecular complexity index is 632. The molecule has 1 rings (SSSR count). The van der Waals surface area contributed by atoms with Crippen molar-refractivity contribution < 1.29 is 0 Å². The molecule has 0 bridgehead atoms. The fourth-order valence-electron chi connectivity index (χ4n) is 6.27. The van der Waals surface area contributed by atoms with Gasteiger partial charge in [-0.3, -0.25) is 0 Å². The maximum Gasteiger partial charge on any atom is 0.0115 e. The molecular formula is C41H76S2. The zero-order valence-electron chi connectivity index (χ0n) is 29.7. The van der Waals surface area contributed by atoms with E-state index in [0.29, 0.717) is 0 Å². The Morgan fingerprint density at radius 2 is 0.628 bits per heavy atom. The second-order valence-electron chi connectivity index (χ2n) is 13.4. The second kappa shape index (κ2) is 33.3. The number of hydrogen-bond acceptors (Lipinski definition) is 2. The van der Waals surface area contributed by atoms with E-state index in [0.717, 1.165) is 0 Å². The summed E-state index contributed by atoms with van der Waals surface area (Å²) < 4.78 is 0. The highest BCUT2D eigenvalue weighted by atomic mass is 32.2. The molecule has 0 aromatic heterocycles. The van der Waals surface area contributed by atoms with Gasteiger partial charge in [-0.15, -0.1) is 23.5 Å². The summed E-state index contributed by atoms with van der Waals surface area (Å²) in [6.07, 6.45) is 42.9. The van der Waals surface area contributed by atoms with Crippen molar-refractivity contribution in [3.8, 4) is 0 Å². The van der Waals surface area contributed by atoms with Crippen molar-refractivity contribution in [2.45, 2.75) is 223 Å². The number of rotatable bonds is 34. The van der Waals surface area contributed by atoms with Crippen LogP contribution in [0.25, 0.3) is 0 Å². The zero-order chi connectivity index (χ0) is 30.9. The van der Waals surface area contributed by atoms with E-state index in [1.54, 1.807) is 15.4 Å². The molecule has 252 valence electrons. The molecule has 0 N–H and O–H groups in total. The van der Waals surface area contributed by atoms with E-state index in [4.69, 9.17) is 0 Å². The second-order valence-corrected chi connectivity index (χ2v) is 15.6. The molecule has 0 aliphatic carbocycles. The SMILES string of the molecule is CCCCCCCCCCCCCCCCSc1cccc(SCCCCCCCCCCCCCCCC)c1CCC. The smallest absolute Gasteiger partial charge is 0.0115 e. The lowest BCUT2D eigenvalue weighted by molar-refractivity contribution is 0.538. The molecular weight excluding hydrogens is 557 g/mol. The first-order valence-corrected chi connectivity index (χ1v) is 21.7. The summed E-state index contributed by atoms with van der Waals surface area (Å²) in [6.45, 7) is 6.96. The number of benzene rings is 1. The van der Waals surface area contributed by atoms with Crippen LogP contribution in [0.15, 0.2) is 28.0 Å². The minimum absolute atomic E-state index is 1.24. The normalized spacial score (nSPS) is 11.5. The van der Waals surface area contributed by atoms with Gasteiger partial charge >= 0.3 is 0 Å². The lowest BCUT2D eigenvalue weighted by atomic mass is 10.0. The van der Waals surface area contributed by atoms with Crippen molar-refractivity contribution in [3.05, 3.63) is 23.8 Å². The average molecular weight is 633 g/mol. The summed E-state index contributed by atoms with van der Waals surface area (Å²) in [6, 6.07) is 7.12. The van der Waals surface area contributed by atoms with Gasteiger partial charge in [0.2, 0.25) is 0 Å². The summed E-state index contributed by atoms with van der Waals surface area (Å²) >= 11 is 4.27. The molecule has 0 spiro atoms. The molecule has 0 atom stereocenters. The minimum atomic E-state index is 1.24. The molecule has 2 heteroatoms. The van der Waals surface area contributed by atoms with Crippen LogP contribution in [-0.2, 0) is 6.42 Å². The van der Waals surface area contributed by atoms with Gasteiger partial charge in [-0.2, -0.15) is 0 Å². The van der Waals surface area contributed by atoms with E-state index in [-0.39, 0.29) is 0 Å². The predicted octanol–water partition coefficient (Wildman–Crippen LogP) is 15.8. The maximum absolute atomic E-state index is 2.40. The van der Waals surface area contributed by atoms with Crippen molar-refractivity contribution in [2.75, 3.05) is 11.5 Å². The monoisotopic (exact) mass is 633 g/mol. The van der Waals surface area contributed by atoms with Gasteiger partial charge in [-0.05, 0) is 48.5 Å². The summed E-state index contributed by atoms with van der Waals surface area (Å²) in [5.41, 5.74) is 1.65. The van der Waals surface area contributed by atoms with Crippen LogP contribution in [0.2, 0.25) is 0 Å². The van der Waals surface area contributed by atoms with Gasteiger partial charge in [0.05, 0.1) is 0 Å². The van der Waals surface area contributed by atoms with Crippen LogP contribution in [0, 0.1) is 0 Å². The zero-order valence-corrected chi connectivity index (χ0v) is 31.3. The number of hydrogen-bond donors (Lipinski definition) is 0. The van der Waals surface area contributed by atoms with Crippen LogP contribution in [-0.4, -0.2) is 11.5 Å². The highest BCUT2D eigenvalue weighted by Crippen LogP contribution is 2.33. The molecule has 0 amide bonds. The highest BCUT2D eigenvalue weighted by Gasteiger charge is 2.09. The standard InChI is InChI=1S/C41H76S2/c1-4-7-9-11-13-15-17-19-21-23-25-27-29-31-37-42-40-35-33-36-41(39(40)34-6-3)43-38-32-30-28-26-24-22-20-18-16-14-12-10-8-5-2/h33,35-36H,4-32,34,37-38H2,1-3H3. The Balaban J connectivity index is 2.05. The van der Waals surface area contributed by atoms with E-state index >= 15 is 0 Å². The molecule has 0 heterocycles. The van der Waals surface area contributed by atoms with Crippen LogP contribution in [0.3, 0.4) is 0 Å². The van der Waals surface area contributed by atoms with Gasteiger partial charge in [-0.1, -0.05) is 200 Å². The lowest BCUT2D eigenvalue weighted by Gasteiger charge is -2.14. The third-order valence-electron chi connectivity index (χ3n) is 9.10. The van der Waals surface area contributed by atoms with Gasteiger partial charge < -0.3 is 0 Å². The predicted molar refractivity (Wildman–Crippen MR) is 203 cm³/mol. The molecule has 0 nitrogen and oxygen atoms in total. The molecule has 43 heavy (non-hydrogen) atoms. The Morgan fingerprint density at radius 1 is 0.349 bits per heavy atom. The molecule has 1 aromatic rings. The quantitative estimate of drug-likeness (QED) is 0.0547. The van der Waals surface area contributed by atoms with Crippen molar-refractivity contribution in [1.29, 1.82) is 0 Å². The van der Waals surface area contributed by atoms with E-state index in [2.05, 4.69) is 62.5 Å². The Kier molecular flexibility index (Phi) is 31.7. The molecule has 0 aliphatic heterocycles. The first kappa shape index (κ1) is 40.9. The van der Waals surface area contributed by atoms with Crippen LogP contribution < -0.4 is 0 Å². The summed E-state index contributed by atoms with van der Waals surface area (Å²) in [7, 11) is 0. The van der Waals surface area contributed by atoms with Crippen LogP contribution >= 0.6 is 23.5 Å². The van der Waals surface area contributed by atoms with E-state index in [9.17, 15) is 0 Å². The first-order valence-electron chi connectivity index (χ1n) is 19.7. The Morgan fingerprint density at radius 3 is 0.907 bits per heavy atom. The third kappa shape index (κ3) is 25.8. The van der Waals surface area contributed by atoms with Gasteiger partial charge in [0.25, 0.3) is 0 Å². The molecule has 0 unspecified atom stereocenters. The molecule has 0 fully saturated rings. The molecule has 1 aromatic carbocycles. The molecule has 0 aliphatic rings. The van der Waals surface area contributed by atoms with Crippen LogP contribution in [0.5, 0.6) is 0 Å². The number of thioether (sulfide) groups is 2. The van der Waals surface area contributed by atoms with Crippen molar-refractivity contribution in [3.63, 3.8) is 0 Å². The largest absolute Gasteiger partial charge is 0.126 e. The fourth-order valence-corrected chi connectivity index (χ4v) is 8.59. The molecule has 0 saturated heterocycles. The van der Waals surface area contributed by atoms with Gasteiger partial charge in [0, 0.05) is 9.79 Å². The maximum atomic E-state index is 2.40.